The van der Waals surface area contributed by atoms with Gasteiger partial charge in [-0.25, -0.2) is 8.78 Å². The monoisotopic (exact) mass is 557 g/mol. The standard InChI is InChI=1S/C28H26ClF2N3O5/c1-15-7-9-33(13-18-8-10-39-18)28(37)25(15)34-14-20(23-21(30)11-19(38-2)12-22(23)31)24(27(34)36)32-26(35)16-3-5-17(29)6-4-16/h3-7,9,11-12,18,20,24H,8,10,13-14H2,1-2H3,(H,32,35)/t18?,20-,24-/m0/s1. The molecule has 2 fully saturated rings. The fourth-order valence-electron chi connectivity index (χ4n) is 4.99. The van der Waals surface area contributed by atoms with E-state index in [-0.39, 0.29) is 35.2 Å². The molecule has 3 heterocycles. The number of halogens is 3. The Bertz CT molecular complexity index is 1470. The largest absolute Gasteiger partial charge is 0.497 e. The summed E-state index contributed by atoms with van der Waals surface area (Å²) in [6.45, 7) is 2.39. The van der Waals surface area contributed by atoms with Crippen LogP contribution in [0.15, 0.2) is 53.5 Å². The summed E-state index contributed by atoms with van der Waals surface area (Å²) < 4.78 is 42.3. The van der Waals surface area contributed by atoms with E-state index in [0.29, 0.717) is 23.7 Å². The van der Waals surface area contributed by atoms with E-state index in [1.165, 1.54) is 40.8 Å². The van der Waals surface area contributed by atoms with Crippen LogP contribution < -0.4 is 20.5 Å². The zero-order valence-electron chi connectivity index (χ0n) is 21.2. The number of aryl methyl sites for hydroxylation is 1. The summed E-state index contributed by atoms with van der Waals surface area (Å²) in [7, 11) is 1.28. The normalized spacial score (nSPS) is 20.6. The van der Waals surface area contributed by atoms with Crippen molar-refractivity contribution in [2.45, 2.75) is 38.0 Å². The molecule has 0 aliphatic carbocycles. The van der Waals surface area contributed by atoms with E-state index < -0.39 is 41.0 Å². The van der Waals surface area contributed by atoms with Gasteiger partial charge in [-0.2, -0.15) is 0 Å². The highest BCUT2D eigenvalue weighted by molar-refractivity contribution is 6.30. The van der Waals surface area contributed by atoms with Gasteiger partial charge in [0.25, 0.3) is 11.5 Å². The fraction of sp³-hybridized carbons (Fsp3) is 0.321. The summed E-state index contributed by atoms with van der Waals surface area (Å²) in [6, 6.07) is 8.36. The molecule has 5 rings (SSSR count). The average molecular weight is 558 g/mol. The number of nitrogens with one attached hydrogen (secondary N) is 1. The van der Waals surface area contributed by atoms with Crippen LogP contribution in [0.3, 0.4) is 0 Å². The van der Waals surface area contributed by atoms with Crippen LogP contribution in [0.1, 0.15) is 33.8 Å². The molecule has 3 aromatic rings. The number of hydrogen-bond donors (Lipinski definition) is 1. The van der Waals surface area contributed by atoms with Gasteiger partial charge >= 0.3 is 0 Å². The maximum absolute atomic E-state index is 15.2. The number of carbonyl (C=O) groups excluding carboxylic acids is 2. The predicted molar refractivity (Wildman–Crippen MR) is 141 cm³/mol. The number of pyridine rings is 1. The molecule has 2 aliphatic heterocycles. The Morgan fingerprint density at radius 2 is 1.82 bits per heavy atom. The zero-order chi connectivity index (χ0) is 27.8. The molecular weight excluding hydrogens is 532 g/mol. The van der Waals surface area contributed by atoms with Gasteiger partial charge in [-0.3, -0.25) is 14.4 Å². The van der Waals surface area contributed by atoms with Crippen molar-refractivity contribution in [1.29, 1.82) is 0 Å². The van der Waals surface area contributed by atoms with Crippen LogP contribution in [-0.2, 0) is 16.1 Å². The van der Waals surface area contributed by atoms with Gasteiger partial charge in [0, 0.05) is 53.5 Å². The summed E-state index contributed by atoms with van der Waals surface area (Å²) >= 11 is 5.92. The Balaban J connectivity index is 1.55. The molecule has 1 N–H and O–H groups in total. The Kier molecular flexibility index (Phi) is 7.42. The van der Waals surface area contributed by atoms with E-state index in [1.807, 2.05) is 0 Å². The van der Waals surface area contributed by atoms with E-state index in [9.17, 15) is 14.4 Å². The van der Waals surface area contributed by atoms with E-state index in [0.717, 1.165) is 18.6 Å². The van der Waals surface area contributed by atoms with Crippen LogP contribution in [0.25, 0.3) is 0 Å². The van der Waals surface area contributed by atoms with Crippen LogP contribution in [0.4, 0.5) is 14.5 Å². The van der Waals surface area contributed by atoms with Gasteiger partial charge in [0.1, 0.15) is 29.1 Å². The summed E-state index contributed by atoms with van der Waals surface area (Å²) in [5, 5.41) is 3.05. The zero-order valence-corrected chi connectivity index (χ0v) is 22.0. The first-order chi connectivity index (χ1) is 18.7. The van der Waals surface area contributed by atoms with Crippen molar-refractivity contribution < 1.29 is 27.8 Å². The Morgan fingerprint density at radius 1 is 1.15 bits per heavy atom. The van der Waals surface area contributed by atoms with Gasteiger partial charge in [-0.15, -0.1) is 0 Å². The first kappa shape index (κ1) is 26.8. The highest BCUT2D eigenvalue weighted by Gasteiger charge is 2.46. The molecule has 2 aromatic carbocycles. The molecule has 8 nitrogen and oxygen atoms in total. The molecule has 11 heteroatoms. The minimum Gasteiger partial charge on any atom is -0.497 e. The molecule has 0 bridgehead atoms. The number of amides is 2. The molecule has 1 unspecified atom stereocenters. The van der Waals surface area contributed by atoms with Crippen molar-refractivity contribution >= 4 is 29.1 Å². The number of aromatic nitrogens is 1. The topological polar surface area (TPSA) is 89.9 Å². The van der Waals surface area contributed by atoms with Crippen LogP contribution in [0, 0.1) is 18.6 Å². The third-order valence-electron chi connectivity index (χ3n) is 7.17. The van der Waals surface area contributed by atoms with Gasteiger partial charge in [-0.1, -0.05) is 11.6 Å². The minimum absolute atomic E-state index is 0.0308. The summed E-state index contributed by atoms with van der Waals surface area (Å²) in [5.74, 6) is -4.31. The molecule has 39 heavy (non-hydrogen) atoms. The Labute approximate surface area is 228 Å². The second-order valence-electron chi connectivity index (χ2n) is 9.60. The number of benzene rings is 2. The second-order valence-corrected chi connectivity index (χ2v) is 10.0. The predicted octanol–water partition coefficient (Wildman–Crippen LogP) is 3.81. The molecule has 1 aromatic heterocycles. The summed E-state index contributed by atoms with van der Waals surface area (Å²) in [4.78, 5) is 41.6. The maximum atomic E-state index is 15.2. The van der Waals surface area contributed by atoms with Crippen molar-refractivity contribution in [2.75, 3.05) is 25.2 Å². The van der Waals surface area contributed by atoms with Gasteiger partial charge in [0.15, 0.2) is 0 Å². The highest BCUT2D eigenvalue weighted by Crippen LogP contribution is 2.36. The lowest BCUT2D eigenvalue weighted by Crippen LogP contribution is -2.45. The van der Waals surface area contributed by atoms with Crippen LogP contribution >= 0.6 is 11.6 Å². The SMILES string of the molecule is COc1cc(F)c([C@@H]2CN(c3c(C)ccn(CC4CCO4)c3=O)C(=O)[C@H]2NC(=O)c2ccc(Cl)cc2)c(F)c1. The van der Waals surface area contributed by atoms with E-state index >= 15 is 8.78 Å². The number of methoxy groups -OCH3 is 1. The van der Waals surface area contributed by atoms with Gasteiger partial charge in [0.05, 0.1) is 19.8 Å². The average Bonchev–Trinajstić information content (AvgIpc) is 3.17. The van der Waals surface area contributed by atoms with Gasteiger partial charge in [0.2, 0.25) is 5.91 Å². The number of rotatable bonds is 7. The number of nitrogens with zero attached hydrogens (tertiary/aromatic N) is 2. The first-order valence-electron chi connectivity index (χ1n) is 12.4. The van der Waals surface area contributed by atoms with E-state index in [4.69, 9.17) is 21.1 Å². The molecule has 2 aliphatic rings. The van der Waals surface area contributed by atoms with Gasteiger partial charge in [-0.05, 0) is 49.2 Å². The third-order valence-corrected chi connectivity index (χ3v) is 7.42. The lowest BCUT2D eigenvalue weighted by molar-refractivity contribution is -0.118. The van der Waals surface area contributed by atoms with Crippen molar-refractivity contribution in [3.05, 3.63) is 92.4 Å². The number of hydrogen-bond acceptors (Lipinski definition) is 5. The summed E-state index contributed by atoms with van der Waals surface area (Å²) in [5.41, 5.74) is -0.00997. The second kappa shape index (κ2) is 10.8. The van der Waals surface area contributed by atoms with Crippen LogP contribution in [0.2, 0.25) is 5.02 Å². The lowest BCUT2D eigenvalue weighted by atomic mass is 9.92. The molecule has 204 valence electrons. The Morgan fingerprint density at radius 3 is 2.41 bits per heavy atom. The smallest absolute Gasteiger partial charge is 0.274 e. The van der Waals surface area contributed by atoms with E-state index in [2.05, 4.69) is 5.32 Å². The highest BCUT2D eigenvalue weighted by atomic mass is 35.5. The molecule has 2 amide bonds. The van der Waals surface area contributed by atoms with Crippen molar-refractivity contribution in [2.24, 2.45) is 0 Å². The fourth-order valence-corrected chi connectivity index (χ4v) is 5.11. The van der Waals surface area contributed by atoms with E-state index in [1.54, 1.807) is 19.2 Å². The minimum atomic E-state index is -1.35. The summed E-state index contributed by atoms with van der Waals surface area (Å²) in [6.07, 6.45) is 2.34. The number of anilines is 1. The molecule has 0 radical (unpaired) electrons. The van der Waals surface area contributed by atoms with Crippen LogP contribution in [-0.4, -0.2) is 48.8 Å². The van der Waals surface area contributed by atoms with Crippen molar-refractivity contribution in [3.8, 4) is 5.75 Å². The van der Waals surface area contributed by atoms with Crippen LogP contribution in [0.5, 0.6) is 5.75 Å². The quantitative estimate of drug-likeness (QED) is 0.477. The molecule has 3 atom stereocenters. The molecule has 2 saturated heterocycles. The number of ether oxygens (including phenoxy) is 2. The lowest BCUT2D eigenvalue weighted by Gasteiger charge is -2.28. The first-order valence-corrected chi connectivity index (χ1v) is 12.8. The maximum Gasteiger partial charge on any atom is 0.274 e. The third kappa shape index (κ3) is 5.14. The molecule has 0 spiro atoms. The van der Waals surface area contributed by atoms with Crippen molar-refractivity contribution in [3.63, 3.8) is 0 Å². The van der Waals surface area contributed by atoms with Crippen molar-refractivity contribution in [1.82, 2.24) is 9.88 Å². The molecule has 0 saturated carbocycles. The van der Waals surface area contributed by atoms with Gasteiger partial charge < -0.3 is 24.3 Å². The molecular formula is C28H26ClF2N3O5. The number of carbonyl (C=O) groups is 2. The Hall–Kier alpha value is -3.76.